The first-order chi connectivity index (χ1) is 18.5. The van der Waals surface area contributed by atoms with Crippen LogP contribution in [-0.4, -0.2) is 28.3 Å². The van der Waals surface area contributed by atoms with E-state index in [1.54, 1.807) is 42.7 Å². The SMILES string of the molecule is NC(NCc1ccccc1)Nc1cccc(C(=O)Nc2cccc(SC(CC(=O)O)c3cccnc3)c2)c1. The van der Waals surface area contributed by atoms with Crippen molar-refractivity contribution >= 4 is 35.0 Å². The molecule has 0 aliphatic carbocycles. The van der Waals surface area contributed by atoms with Gasteiger partial charge in [0.1, 0.15) is 6.29 Å². The highest BCUT2D eigenvalue weighted by atomic mass is 32.2. The van der Waals surface area contributed by atoms with Crippen molar-refractivity contribution in [3.63, 3.8) is 0 Å². The fraction of sp³-hybridized carbons (Fsp3) is 0.138. The average molecular weight is 528 g/mol. The molecule has 6 N–H and O–H groups in total. The lowest BCUT2D eigenvalue weighted by atomic mass is 10.1. The van der Waals surface area contributed by atoms with Crippen molar-refractivity contribution in [2.75, 3.05) is 10.6 Å². The zero-order chi connectivity index (χ0) is 26.7. The van der Waals surface area contributed by atoms with Gasteiger partial charge in [0.2, 0.25) is 0 Å². The zero-order valence-electron chi connectivity index (χ0n) is 20.6. The van der Waals surface area contributed by atoms with E-state index in [1.807, 2.05) is 60.7 Å². The number of nitrogens with two attached hydrogens (primary N) is 1. The summed E-state index contributed by atoms with van der Waals surface area (Å²) in [6.45, 7) is 0.609. The second-order valence-electron chi connectivity index (χ2n) is 8.54. The summed E-state index contributed by atoms with van der Waals surface area (Å²) in [5, 5.41) is 18.4. The second-order valence-corrected chi connectivity index (χ2v) is 9.82. The Balaban J connectivity index is 1.38. The molecule has 9 heteroatoms. The van der Waals surface area contributed by atoms with Crippen LogP contribution in [-0.2, 0) is 11.3 Å². The van der Waals surface area contributed by atoms with Crippen LogP contribution >= 0.6 is 11.8 Å². The smallest absolute Gasteiger partial charge is 0.304 e. The summed E-state index contributed by atoms with van der Waals surface area (Å²) < 4.78 is 0. The van der Waals surface area contributed by atoms with E-state index in [2.05, 4.69) is 20.9 Å². The van der Waals surface area contributed by atoms with Crippen molar-refractivity contribution < 1.29 is 14.7 Å². The monoisotopic (exact) mass is 527 g/mol. The molecule has 2 unspecified atom stereocenters. The molecule has 3 aromatic carbocycles. The number of anilines is 2. The average Bonchev–Trinajstić information content (AvgIpc) is 2.93. The molecular formula is C29H29N5O3S. The minimum Gasteiger partial charge on any atom is -0.481 e. The van der Waals surface area contributed by atoms with Gasteiger partial charge in [0.25, 0.3) is 5.91 Å². The lowest BCUT2D eigenvalue weighted by Gasteiger charge is -2.17. The molecule has 0 bridgehead atoms. The number of amides is 1. The highest BCUT2D eigenvalue weighted by Crippen LogP contribution is 2.38. The summed E-state index contributed by atoms with van der Waals surface area (Å²) in [5.74, 6) is -1.16. The third-order valence-electron chi connectivity index (χ3n) is 5.60. The van der Waals surface area contributed by atoms with E-state index in [0.29, 0.717) is 23.5 Å². The van der Waals surface area contributed by atoms with E-state index in [0.717, 1.165) is 16.0 Å². The van der Waals surface area contributed by atoms with Gasteiger partial charge in [0, 0.05) is 46.0 Å². The van der Waals surface area contributed by atoms with Crippen LogP contribution in [0.3, 0.4) is 0 Å². The van der Waals surface area contributed by atoms with Gasteiger partial charge in [-0.05, 0) is 53.6 Å². The maximum absolute atomic E-state index is 13.0. The predicted molar refractivity (Wildman–Crippen MR) is 151 cm³/mol. The molecule has 0 saturated carbocycles. The van der Waals surface area contributed by atoms with E-state index in [9.17, 15) is 14.7 Å². The standard InChI is InChI=1S/C29H29N5O3S/c30-29(32-18-20-7-2-1-3-8-20)34-23-11-4-9-21(15-23)28(37)33-24-12-5-13-25(16-24)38-26(17-27(35)36)22-10-6-14-31-19-22/h1-16,19,26,29,32,34H,17-18,30H2,(H,33,37)(H,35,36). The molecule has 4 aromatic rings. The summed E-state index contributed by atoms with van der Waals surface area (Å²) >= 11 is 1.42. The van der Waals surface area contributed by atoms with Crippen molar-refractivity contribution in [1.29, 1.82) is 0 Å². The van der Waals surface area contributed by atoms with E-state index < -0.39 is 12.3 Å². The number of aliphatic carboxylic acids is 1. The van der Waals surface area contributed by atoms with Crippen LogP contribution in [0.1, 0.15) is 33.2 Å². The number of carbonyl (C=O) groups is 2. The molecule has 1 amide bonds. The van der Waals surface area contributed by atoms with Crippen LogP contribution in [0.4, 0.5) is 11.4 Å². The van der Waals surface area contributed by atoms with Crippen molar-refractivity contribution in [1.82, 2.24) is 10.3 Å². The fourth-order valence-corrected chi connectivity index (χ4v) is 4.95. The number of pyridine rings is 1. The number of benzene rings is 3. The predicted octanol–water partition coefficient (Wildman–Crippen LogP) is 5.09. The highest BCUT2D eigenvalue weighted by molar-refractivity contribution is 7.99. The Morgan fingerprint density at radius 3 is 2.47 bits per heavy atom. The molecule has 0 spiro atoms. The van der Waals surface area contributed by atoms with E-state index in [4.69, 9.17) is 5.73 Å². The largest absolute Gasteiger partial charge is 0.481 e. The van der Waals surface area contributed by atoms with Crippen LogP contribution in [0.25, 0.3) is 0 Å². The molecule has 0 aliphatic rings. The molecule has 4 rings (SSSR count). The molecular weight excluding hydrogens is 498 g/mol. The Hall–Kier alpha value is -4.18. The topological polar surface area (TPSA) is 129 Å². The summed E-state index contributed by atoms with van der Waals surface area (Å²) in [6, 6.07) is 28.0. The number of hydrogen-bond acceptors (Lipinski definition) is 7. The first-order valence-corrected chi connectivity index (χ1v) is 12.9. The molecule has 8 nitrogen and oxygen atoms in total. The summed E-state index contributed by atoms with van der Waals surface area (Å²) in [4.78, 5) is 29.4. The quantitative estimate of drug-likeness (QED) is 0.127. The van der Waals surface area contributed by atoms with Crippen LogP contribution < -0.4 is 21.7 Å². The van der Waals surface area contributed by atoms with Crippen molar-refractivity contribution in [3.8, 4) is 0 Å². The number of nitrogens with one attached hydrogen (secondary N) is 3. The van der Waals surface area contributed by atoms with Crippen LogP contribution in [0, 0.1) is 0 Å². The van der Waals surface area contributed by atoms with Crippen LogP contribution in [0.5, 0.6) is 0 Å². The number of nitrogens with zero attached hydrogens (tertiary/aromatic N) is 1. The van der Waals surface area contributed by atoms with Gasteiger partial charge >= 0.3 is 5.97 Å². The van der Waals surface area contributed by atoms with Gasteiger partial charge in [-0.25, -0.2) is 0 Å². The first kappa shape index (κ1) is 26.9. The molecule has 38 heavy (non-hydrogen) atoms. The van der Waals surface area contributed by atoms with Gasteiger partial charge in [-0.2, -0.15) is 0 Å². The van der Waals surface area contributed by atoms with Gasteiger partial charge in [0.15, 0.2) is 0 Å². The van der Waals surface area contributed by atoms with Crippen molar-refractivity contribution in [2.45, 2.75) is 29.4 Å². The third kappa shape index (κ3) is 8.17. The fourth-order valence-electron chi connectivity index (χ4n) is 3.77. The second kappa shape index (κ2) is 13.4. The van der Waals surface area contributed by atoms with Crippen molar-refractivity contribution in [2.24, 2.45) is 5.73 Å². The molecule has 1 aromatic heterocycles. The van der Waals surface area contributed by atoms with Gasteiger partial charge in [-0.3, -0.25) is 25.6 Å². The molecule has 194 valence electrons. The van der Waals surface area contributed by atoms with Gasteiger partial charge in [-0.1, -0.05) is 48.5 Å². The van der Waals surface area contributed by atoms with Gasteiger partial charge < -0.3 is 15.7 Å². The highest BCUT2D eigenvalue weighted by Gasteiger charge is 2.18. The molecule has 2 atom stereocenters. The Morgan fingerprint density at radius 2 is 1.71 bits per heavy atom. The Labute approximate surface area is 225 Å². The lowest BCUT2D eigenvalue weighted by Crippen LogP contribution is -2.43. The molecule has 1 heterocycles. The number of aromatic nitrogens is 1. The third-order valence-corrected chi connectivity index (χ3v) is 6.85. The number of hydrogen-bond donors (Lipinski definition) is 5. The van der Waals surface area contributed by atoms with Gasteiger partial charge in [-0.15, -0.1) is 11.8 Å². The molecule has 0 saturated heterocycles. The number of thioether (sulfide) groups is 1. The Morgan fingerprint density at radius 1 is 0.921 bits per heavy atom. The number of carboxylic acids is 1. The van der Waals surface area contributed by atoms with Crippen LogP contribution in [0.2, 0.25) is 0 Å². The first-order valence-electron chi connectivity index (χ1n) is 12.1. The lowest BCUT2D eigenvalue weighted by molar-refractivity contribution is -0.137. The molecule has 0 radical (unpaired) electrons. The molecule has 0 fully saturated rings. The maximum Gasteiger partial charge on any atom is 0.304 e. The summed E-state index contributed by atoms with van der Waals surface area (Å²) in [6.07, 6.45) is 2.79. The minimum atomic E-state index is -0.890. The van der Waals surface area contributed by atoms with Crippen molar-refractivity contribution in [3.05, 3.63) is 120 Å². The number of carboxylic acid groups (broad SMARTS) is 1. The summed E-state index contributed by atoms with van der Waals surface area (Å²) in [7, 11) is 0. The number of rotatable bonds is 12. The minimum absolute atomic E-state index is 0.0465. The Kier molecular flexibility index (Phi) is 9.47. The van der Waals surface area contributed by atoms with Gasteiger partial charge in [0.05, 0.1) is 6.42 Å². The molecule has 0 aliphatic heterocycles. The van der Waals surface area contributed by atoms with Crippen LogP contribution in [0.15, 0.2) is 108 Å². The number of carbonyl (C=O) groups excluding carboxylic acids is 1. The van der Waals surface area contributed by atoms with E-state index >= 15 is 0 Å². The Bertz CT molecular complexity index is 1350. The van der Waals surface area contributed by atoms with E-state index in [1.165, 1.54) is 11.8 Å². The summed E-state index contributed by atoms with van der Waals surface area (Å²) in [5.41, 5.74) is 9.91. The maximum atomic E-state index is 13.0. The zero-order valence-corrected chi connectivity index (χ0v) is 21.4. The normalized spacial score (nSPS) is 12.3. The van der Waals surface area contributed by atoms with E-state index in [-0.39, 0.29) is 17.6 Å².